The Morgan fingerprint density at radius 2 is 1.90 bits per heavy atom. The number of nitrogens with zero attached hydrogens (tertiary/aromatic N) is 5. The molecule has 0 bridgehead atoms. The van der Waals surface area contributed by atoms with Crippen molar-refractivity contribution in [2.75, 3.05) is 42.1 Å². The second-order valence-corrected chi connectivity index (χ2v) is 9.95. The Hall–Kier alpha value is -2.40. The molecule has 2 aliphatic rings. The standard InChI is InChI=1S/C20H26N6O3S2/c27-18(14-30-20-23-22-19(31-20)21-15-6-2-1-3-7-15)25-12-10-24(11-13-25)16-8-4-5-9-17(16)26(28)29/h4-5,8-9,15H,1-3,6-7,10-14H2,(H,21,22). The van der Waals surface area contributed by atoms with E-state index in [1.807, 2.05) is 9.80 Å². The predicted molar refractivity (Wildman–Crippen MR) is 123 cm³/mol. The third-order valence-corrected chi connectivity index (χ3v) is 7.68. The number of nitro benzene ring substituents is 1. The van der Waals surface area contributed by atoms with Gasteiger partial charge in [0.25, 0.3) is 5.69 Å². The first-order chi connectivity index (χ1) is 15.1. The Kier molecular flexibility index (Phi) is 7.23. The third-order valence-electron chi connectivity index (χ3n) is 5.71. The van der Waals surface area contributed by atoms with E-state index in [4.69, 9.17) is 0 Å². The first kappa shape index (κ1) is 21.8. The molecule has 1 aromatic heterocycles. The van der Waals surface area contributed by atoms with E-state index in [2.05, 4.69) is 15.5 Å². The minimum Gasteiger partial charge on any atom is -0.362 e. The molecule has 1 saturated heterocycles. The molecule has 11 heteroatoms. The van der Waals surface area contributed by atoms with Crippen LogP contribution in [0.25, 0.3) is 0 Å². The van der Waals surface area contributed by atoms with E-state index < -0.39 is 0 Å². The highest BCUT2D eigenvalue weighted by atomic mass is 32.2. The molecule has 9 nitrogen and oxygen atoms in total. The second kappa shape index (κ2) is 10.3. The summed E-state index contributed by atoms with van der Waals surface area (Å²) in [5.74, 6) is 0.382. The highest BCUT2D eigenvalue weighted by Gasteiger charge is 2.25. The van der Waals surface area contributed by atoms with Crippen LogP contribution >= 0.6 is 23.1 Å². The van der Waals surface area contributed by atoms with Gasteiger partial charge in [0.05, 0.1) is 10.7 Å². The maximum atomic E-state index is 12.6. The summed E-state index contributed by atoms with van der Waals surface area (Å²) in [5.41, 5.74) is 0.715. The molecule has 31 heavy (non-hydrogen) atoms. The predicted octanol–water partition coefficient (Wildman–Crippen LogP) is 3.63. The molecule has 1 saturated carbocycles. The molecule has 2 fully saturated rings. The number of carbonyl (C=O) groups excluding carboxylic acids is 1. The lowest BCUT2D eigenvalue weighted by Crippen LogP contribution is -2.49. The number of para-hydroxylation sites is 2. The van der Waals surface area contributed by atoms with E-state index in [1.165, 1.54) is 61.3 Å². The number of nitro groups is 1. The van der Waals surface area contributed by atoms with Gasteiger partial charge in [-0.2, -0.15) is 0 Å². The van der Waals surface area contributed by atoms with Crippen LogP contribution in [0.1, 0.15) is 32.1 Å². The van der Waals surface area contributed by atoms with Gasteiger partial charge in [0, 0.05) is 38.3 Å². The van der Waals surface area contributed by atoms with Crippen molar-refractivity contribution in [3.05, 3.63) is 34.4 Å². The summed E-state index contributed by atoms with van der Waals surface area (Å²) < 4.78 is 0.796. The van der Waals surface area contributed by atoms with Crippen LogP contribution in [0, 0.1) is 10.1 Å². The van der Waals surface area contributed by atoms with E-state index in [-0.39, 0.29) is 16.5 Å². The van der Waals surface area contributed by atoms with Gasteiger partial charge in [-0.25, -0.2) is 0 Å². The molecule has 166 valence electrons. The Labute approximate surface area is 189 Å². The molecule has 0 unspecified atom stereocenters. The number of hydrogen-bond donors (Lipinski definition) is 1. The third kappa shape index (κ3) is 5.65. The Balaban J connectivity index is 1.24. The lowest BCUT2D eigenvalue weighted by atomic mass is 9.96. The van der Waals surface area contributed by atoms with E-state index in [9.17, 15) is 14.9 Å². The average Bonchev–Trinajstić information content (AvgIpc) is 3.25. The average molecular weight is 463 g/mol. The highest BCUT2D eigenvalue weighted by molar-refractivity contribution is 8.01. The zero-order valence-electron chi connectivity index (χ0n) is 17.2. The largest absolute Gasteiger partial charge is 0.362 e. The fourth-order valence-electron chi connectivity index (χ4n) is 4.05. The van der Waals surface area contributed by atoms with Crippen LogP contribution in [-0.2, 0) is 4.79 Å². The van der Waals surface area contributed by atoms with Gasteiger partial charge in [0.15, 0.2) is 4.34 Å². The molecule has 1 aliphatic carbocycles. The van der Waals surface area contributed by atoms with Gasteiger partial charge in [-0.15, -0.1) is 10.2 Å². The quantitative estimate of drug-likeness (QED) is 0.378. The number of benzene rings is 1. The lowest BCUT2D eigenvalue weighted by molar-refractivity contribution is -0.384. The number of amides is 1. The van der Waals surface area contributed by atoms with Gasteiger partial charge >= 0.3 is 0 Å². The minimum atomic E-state index is -0.358. The molecule has 1 aromatic carbocycles. The summed E-state index contributed by atoms with van der Waals surface area (Å²) in [6.45, 7) is 2.26. The Bertz CT molecular complexity index is 910. The number of aromatic nitrogens is 2. The second-order valence-electron chi connectivity index (χ2n) is 7.75. The van der Waals surface area contributed by atoms with Crippen molar-refractivity contribution in [1.29, 1.82) is 0 Å². The number of hydrogen-bond acceptors (Lipinski definition) is 9. The summed E-state index contributed by atoms with van der Waals surface area (Å²) in [5, 5.41) is 24.0. The molecular weight excluding hydrogens is 436 g/mol. The van der Waals surface area contributed by atoms with Crippen LogP contribution in [0.3, 0.4) is 0 Å². The minimum absolute atomic E-state index is 0.0594. The number of rotatable bonds is 7. The first-order valence-corrected chi connectivity index (χ1v) is 12.4. The van der Waals surface area contributed by atoms with Crippen molar-refractivity contribution in [2.45, 2.75) is 42.5 Å². The molecule has 1 N–H and O–H groups in total. The van der Waals surface area contributed by atoms with Crippen molar-refractivity contribution in [3.63, 3.8) is 0 Å². The van der Waals surface area contributed by atoms with Crippen LogP contribution in [-0.4, -0.2) is 63.9 Å². The van der Waals surface area contributed by atoms with Gasteiger partial charge in [-0.05, 0) is 18.9 Å². The van der Waals surface area contributed by atoms with Crippen LogP contribution in [0.15, 0.2) is 28.6 Å². The SMILES string of the molecule is O=C(CSc1nnc(NC2CCCCC2)s1)N1CCN(c2ccccc2[N+](=O)[O-])CC1. The van der Waals surface area contributed by atoms with Gasteiger partial charge in [-0.1, -0.05) is 54.5 Å². The fourth-order valence-corrected chi connectivity index (χ4v) is 5.78. The number of carbonyl (C=O) groups is 1. The number of anilines is 2. The maximum absolute atomic E-state index is 12.6. The van der Waals surface area contributed by atoms with Gasteiger partial charge < -0.3 is 15.1 Å². The van der Waals surface area contributed by atoms with Gasteiger partial charge in [0.1, 0.15) is 5.69 Å². The van der Waals surface area contributed by atoms with Crippen molar-refractivity contribution in [1.82, 2.24) is 15.1 Å². The van der Waals surface area contributed by atoms with Crippen molar-refractivity contribution < 1.29 is 9.72 Å². The monoisotopic (exact) mass is 462 g/mol. The summed E-state index contributed by atoms with van der Waals surface area (Å²) in [6, 6.07) is 7.24. The summed E-state index contributed by atoms with van der Waals surface area (Å²) in [4.78, 5) is 27.3. The highest BCUT2D eigenvalue weighted by Crippen LogP contribution is 2.30. The summed E-state index contributed by atoms with van der Waals surface area (Å²) in [7, 11) is 0. The van der Waals surface area contributed by atoms with E-state index in [1.54, 1.807) is 18.2 Å². The fraction of sp³-hybridized carbons (Fsp3) is 0.550. The van der Waals surface area contributed by atoms with E-state index in [0.29, 0.717) is 43.7 Å². The molecule has 4 rings (SSSR count). The molecule has 0 atom stereocenters. The van der Waals surface area contributed by atoms with Crippen molar-refractivity contribution >= 4 is 45.5 Å². The molecular formula is C20H26N6O3S2. The number of thioether (sulfide) groups is 1. The van der Waals surface area contributed by atoms with Crippen LogP contribution < -0.4 is 10.2 Å². The normalized spacial score (nSPS) is 17.5. The first-order valence-electron chi connectivity index (χ1n) is 10.6. The van der Waals surface area contributed by atoms with Crippen LogP contribution in [0.2, 0.25) is 0 Å². The molecule has 0 radical (unpaired) electrons. The Morgan fingerprint density at radius 1 is 1.16 bits per heavy atom. The van der Waals surface area contributed by atoms with E-state index >= 15 is 0 Å². The van der Waals surface area contributed by atoms with Crippen LogP contribution in [0.5, 0.6) is 0 Å². The van der Waals surface area contributed by atoms with E-state index in [0.717, 1.165) is 9.47 Å². The molecule has 2 aromatic rings. The van der Waals surface area contributed by atoms with Crippen molar-refractivity contribution in [2.24, 2.45) is 0 Å². The zero-order valence-corrected chi connectivity index (χ0v) is 18.9. The number of piperazine rings is 1. The smallest absolute Gasteiger partial charge is 0.292 e. The molecule has 1 aliphatic heterocycles. The number of nitrogens with one attached hydrogen (secondary N) is 1. The summed E-state index contributed by atoms with van der Waals surface area (Å²) >= 11 is 2.92. The lowest BCUT2D eigenvalue weighted by Gasteiger charge is -2.35. The molecule has 2 heterocycles. The van der Waals surface area contributed by atoms with Crippen molar-refractivity contribution in [3.8, 4) is 0 Å². The topological polar surface area (TPSA) is 104 Å². The van der Waals surface area contributed by atoms with Gasteiger partial charge in [-0.3, -0.25) is 14.9 Å². The van der Waals surface area contributed by atoms with Gasteiger partial charge in [0.2, 0.25) is 11.0 Å². The van der Waals surface area contributed by atoms with Crippen LogP contribution in [0.4, 0.5) is 16.5 Å². The Morgan fingerprint density at radius 3 is 2.65 bits per heavy atom. The molecule has 0 spiro atoms. The molecule has 1 amide bonds. The summed E-state index contributed by atoms with van der Waals surface area (Å²) in [6.07, 6.45) is 6.19. The zero-order chi connectivity index (χ0) is 21.6. The maximum Gasteiger partial charge on any atom is 0.292 e.